The number of nitrogen functional groups attached to an aromatic ring is 1. The van der Waals surface area contributed by atoms with Gasteiger partial charge in [0.1, 0.15) is 11.6 Å². The molecule has 0 spiro atoms. The van der Waals surface area contributed by atoms with Crippen LogP contribution < -0.4 is 15.8 Å². The molecule has 4 heteroatoms. The Balaban J connectivity index is 2.25. The Bertz CT molecular complexity index is 549. The highest BCUT2D eigenvalue weighted by molar-refractivity contribution is 5.65. The SMILES string of the molecule is COc1ccc(Nc2cc(N)cc(F)c2)cc1C. The van der Waals surface area contributed by atoms with Gasteiger partial charge in [0.25, 0.3) is 0 Å². The van der Waals surface area contributed by atoms with Crippen molar-refractivity contribution in [3.63, 3.8) is 0 Å². The number of halogens is 1. The number of anilines is 3. The van der Waals surface area contributed by atoms with E-state index in [0.29, 0.717) is 11.4 Å². The highest BCUT2D eigenvalue weighted by atomic mass is 19.1. The summed E-state index contributed by atoms with van der Waals surface area (Å²) in [6, 6.07) is 10.0. The number of ether oxygens (including phenoxy) is 1. The van der Waals surface area contributed by atoms with Crippen LogP contribution in [0.2, 0.25) is 0 Å². The van der Waals surface area contributed by atoms with Crippen molar-refractivity contribution in [3.8, 4) is 5.75 Å². The molecule has 0 atom stereocenters. The van der Waals surface area contributed by atoms with Crippen LogP contribution in [0, 0.1) is 12.7 Å². The molecule has 2 aromatic carbocycles. The minimum Gasteiger partial charge on any atom is -0.496 e. The van der Waals surface area contributed by atoms with Gasteiger partial charge in [0.2, 0.25) is 0 Å². The Morgan fingerprint density at radius 3 is 2.50 bits per heavy atom. The number of hydrogen-bond donors (Lipinski definition) is 2. The van der Waals surface area contributed by atoms with E-state index in [1.165, 1.54) is 12.1 Å². The fourth-order valence-corrected chi connectivity index (χ4v) is 1.81. The summed E-state index contributed by atoms with van der Waals surface area (Å²) in [6.45, 7) is 1.95. The van der Waals surface area contributed by atoms with E-state index < -0.39 is 0 Å². The topological polar surface area (TPSA) is 47.3 Å². The minimum absolute atomic E-state index is 0.359. The number of aryl methyl sites for hydroxylation is 1. The molecule has 0 heterocycles. The number of nitrogens with two attached hydrogens (primary N) is 1. The molecule has 0 bridgehead atoms. The summed E-state index contributed by atoms with van der Waals surface area (Å²) in [5, 5.41) is 3.10. The first-order valence-corrected chi connectivity index (χ1v) is 5.56. The third-order valence-corrected chi connectivity index (χ3v) is 2.60. The van der Waals surface area contributed by atoms with E-state index in [4.69, 9.17) is 10.5 Å². The molecule has 0 unspecified atom stereocenters. The average Bonchev–Trinajstić information content (AvgIpc) is 2.27. The lowest BCUT2D eigenvalue weighted by molar-refractivity contribution is 0.412. The van der Waals surface area contributed by atoms with Gasteiger partial charge in [0.05, 0.1) is 7.11 Å². The van der Waals surface area contributed by atoms with Crippen LogP contribution >= 0.6 is 0 Å². The standard InChI is InChI=1S/C14H15FN2O/c1-9-5-12(3-4-14(9)18-2)17-13-7-10(15)6-11(16)8-13/h3-8,17H,16H2,1-2H3. The molecule has 0 aromatic heterocycles. The molecule has 0 aliphatic rings. The monoisotopic (exact) mass is 246 g/mol. The molecule has 3 N–H and O–H groups in total. The van der Waals surface area contributed by atoms with E-state index in [2.05, 4.69) is 5.32 Å². The molecule has 94 valence electrons. The minimum atomic E-state index is -0.359. The third-order valence-electron chi connectivity index (χ3n) is 2.60. The second-order valence-electron chi connectivity index (χ2n) is 4.08. The second kappa shape index (κ2) is 4.96. The summed E-state index contributed by atoms with van der Waals surface area (Å²) in [5.74, 6) is 0.460. The maximum absolute atomic E-state index is 13.2. The van der Waals surface area contributed by atoms with Crippen LogP contribution in [0.15, 0.2) is 36.4 Å². The first-order chi connectivity index (χ1) is 8.58. The zero-order valence-electron chi connectivity index (χ0n) is 10.3. The number of methoxy groups -OCH3 is 1. The molecule has 2 rings (SSSR count). The number of rotatable bonds is 3. The first-order valence-electron chi connectivity index (χ1n) is 5.56. The van der Waals surface area contributed by atoms with Crippen molar-refractivity contribution in [3.05, 3.63) is 47.8 Å². The molecule has 0 saturated carbocycles. The summed E-state index contributed by atoms with van der Waals surface area (Å²) in [5.41, 5.74) is 8.47. The predicted octanol–water partition coefficient (Wildman–Crippen LogP) is 3.47. The van der Waals surface area contributed by atoms with Crippen molar-refractivity contribution in [2.75, 3.05) is 18.2 Å². The molecule has 0 radical (unpaired) electrons. The van der Waals surface area contributed by atoms with Crippen LogP contribution in [-0.2, 0) is 0 Å². The van der Waals surface area contributed by atoms with E-state index in [9.17, 15) is 4.39 Å². The smallest absolute Gasteiger partial charge is 0.127 e. The van der Waals surface area contributed by atoms with Crippen molar-refractivity contribution in [1.29, 1.82) is 0 Å². The highest BCUT2D eigenvalue weighted by Crippen LogP contribution is 2.25. The first kappa shape index (κ1) is 12.2. The fourth-order valence-electron chi connectivity index (χ4n) is 1.81. The van der Waals surface area contributed by atoms with Gasteiger partial charge in [-0.3, -0.25) is 0 Å². The second-order valence-corrected chi connectivity index (χ2v) is 4.08. The van der Waals surface area contributed by atoms with Crippen molar-refractivity contribution < 1.29 is 9.13 Å². The Hall–Kier alpha value is -2.23. The van der Waals surface area contributed by atoms with Gasteiger partial charge in [0, 0.05) is 17.1 Å². The van der Waals surface area contributed by atoms with Gasteiger partial charge < -0.3 is 15.8 Å². The zero-order chi connectivity index (χ0) is 13.1. The molecular formula is C14H15FN2O. The third kappa shape index (κ3) is 2.71. The number of benzene rings is 2. The molecule has 3 nitrogen and oxygen atoms in total. The Morgan fingerprint density at radius 2 is 1.89 bits per heavy atom. The van der Waals surface area contributed by atoms with Gasteiger partial charge in [-0.15, -0.1) is 0 Å². The maximum atomic E-state index is 13.2. The molecule has 0 saturated heterocycles. The van der Waals surface area contributed by atoms with Crippen LogP contribution in [0.4, 0.5) is 21.5 Å². The molecule has 0 aliphatic heterocycles. The average molecular weight is 246 g/mol. The zero-order valence-corrected chi connectivity index (χ0v) is 10.3. The summed E-state index contributed by atoms with van der Waals surface area (Å²) >= 11 is 0. The Morgan fingerprint density at radius 1 is 1.11 bits per heavy atom. The molecule has 0 fully saturated rings. The van der Waals surface area contributed by atoms with Crippen molar-refractivity contribution in [2.24, 2.45) is 0 Å². The summed E-state index contributed by atoms with van der Waals surface area (Å²) < 4.78 is 18.4. The molecular weight excluding hydrogens is 231 g/mol. The van der Waals surface area contributed by atoms with E-state index in [1.54, 1.807) is 13.2 Å². The van der Waals surface area contributed by atoms with E-state index in [1.807, 2.05) is 25.1 Å². The molecule has 0 amide bonds. The summed E-state index contributed by atoms with van der Waals surface area (Å²) in [7, 11) is 1.63. The van der Waals surface area contributed by atoms with Gasteiger partial charge in [-0.25, -0.2) is 4.39 Å². The predicted molar refractivity (Wildman–Crippen MR) is 71.8 cm³/mol. The lowest BCUT2D eigenvalue weighted by Crippen LogP contribution is -1.95. The lowest BCUT2D eigenvalue weighted by atomic mass is 10.2. The van der Waals surface area contributed by atoms with Crippen molar-refractivity contribution in [2.45, 2.75) is 6.92 Å². The van der Waals surface area contributed by atoms with Crippen molar-refractivity contribution >= 4 is 17.1 Å². The summed E-state index contributed by atoms with van der Waals surface area (Å²) in [4.78, 5) is 0. The van der Waals surface area contributed by atoms with E-state index in [0.717, 1.165) is 17.0 Å². The van der Waals surface area contributed by atoms with Crippen LogP contribution in [-0.4, -0.2) is 7.11 Å². The van der Waals surface area contributed by atoms with Gasteiger partial charge in [-0.2, -0.15) is 0 Å². The molecule has 2 aromatic rings. The number of nitrogens with one attached hydrogen (secondary N) is 1. The van der Waals surface area contributed by atoms with Crippen LogP contribution in [0.3, 0.4) is 0 Å². The quantitative estimate of drug-likeness (QED) is 0.815. The van der Waals surface area contributed by atoms with Gasteiger partial charge in [-0.05, 0) is 48.9 Å². The van der Waals surface area contributed by atoms with Gasteiger partial charge in [0.15, 0.2) is 0 Å². The maximum Gasteiger partial charge on any atom is 0.127 e. The van der Waals surface area contributed by atoms with E-state index >= 15 is 0 Å². The van der Waals surface area contributed by atoms with Crippen LogP contribution in [0.25, 0.3) is 0 Å². The van der Waals surface area contributed by atoms with Gasteiger partial charge >= 0.3 is 0 Å². The Kier molecular flexibility index (Phi) is 3.37. The number of hydrogen-bond acceptors (Lipinski definition) is 3. The van der Waals surface area contributed by atoms with Gasteiger partial charge in [-0.1, -0.05) is 0 Å². The van der Waals surface area contributed by atoms with Crippen LogP contribution in [0.5, 0.6) is 5.75 Å². The normalized spacial score (nSPS) is 10.2. The van der Waals surface area contributed by atoms with E-state index in [-0.39, 0.29) is 5.82 Å². The lowest BCUT2D eigenvalue weighted by Gasteiger charge is -2.10. The Labute approximate surface area is 105 Å². The van der Waals surface area contributed by atoms with Crippen LogP contribution in [0.1, 0.15) is 5.56 Å². The fraction of sp³-hybridized carbons (Fsp3) is 0.143. The molecule has 0 aliphatic carbocycles. The largest absolute Gasteiger partial charge is 0.496 e. The molecule has 18 heavy (non-hydrogen) atoms. The summed E-state index contributed by atoms with van der Waals surface area (Å²) in [6.07, 6.45) is 0. The van der Waals surface area contributed by atoms with Crippen molar-refractivity contribution in [1.82, 2.24) is 0 Å². The highest BCUT2D eigenvalue weighted by Gasteiger charge is 2.02.